The first-order valence-corrected chi connectivity index (χ1v) is 6.08. The summed E-state index contributed by atoms with van der Waals surface area (Å²) in [5, 5.41) is 4.37. The summed E-state index contributed by atoms with van der Waals surface area (Å²) < 4.78 is 36.2. The standard InChI is InChI=1S/C14H15F3N2O2/c1-9(2)7-12(20)18-8-10-3-5-11(6-4-10)19-13(21)14(15,16)17/h3-7H,8H2,1-2H3,(H,18,20)(H,19,21). The molecule has 0 radical (unpaired) electrons. The first kappa shape index (κ1) is 16.7. The van der Waals surface area contributed by atoms with E-state index in [1.807, 2.05) is 0 Å². The minimum absolute atomic E-state index is 0.0386. The van der Waals surface area contributed by atoms with Gasteiger partial charge in [-0.3, -0.25) is 9.59 Å². The summed E-state index contributed by atoms with van der Waals surface area (Å²) in [6.07, 6.45) is -3.48. The third-order valence-corrected chi connectivity index (χ3v) is 2.36. The molecule has 0 aromatic heterocycles. The van der Waals surface area contributed by atoms with Crippen LogP contribution in [0.4, 0.5) is 18.9 Å². The molecule has 0 fully saturated rings. The maximum absolute atomic E-state index is 12.1. The van der Waals surface area contributed by atoms with E-state index < -0.39 is 12.1 Å². The minimum Gasteiger partial charge on any atom is -0.348 e. The molecule has 0 saturated heterocycles. The molecule has 0 heterocycles. The molecule has 2 N–H and O–H groups in total. The van der Waals surface area contributed by atoms with E-state index in [-0.39, 0.29) is 18.1 Å². The van der Waals surface area contributed by atoms with Crippen molar-refractivity contribution in [3.05, 3.63) is 41.5 Å². The summed E-state index contributed by atoms with van der Waals surface area (Å²) in [5.74, 6) is -2.27. The van der Waals surface area contributed by atoms with Crippen LogP contribution in [0.2, 0.25) is 0 Å². The summed E-state index contributed by atoms with van der Waals surface area (Å²) in [7, 11) is 0. The molecule has 2 amide bonds. The smallest absolute Gasteiger partial charge is 0.348 e. The van der Waals surface area contributed by atoms with Crippen LogP contribution in [-0.4, -0.2) is 18.0 Å². The summed E-state index contributed by atoms with van der Waals surface area (Å²) in [6.45, 7) is 3.82. The number of hydrogen-bond donors (Lipinski definition) is 2. The Morgan fingerprint density at radius 2 is 1.71 bits per heavy atom. The van der Waals surface area contributed by atoms with Gasteiger partial charge in [-0.25, -0.2) is 0 Å². The van der Waals surface area contributed by atoms with E-state index in [2.05, 4.69) is 5.32 Å². The zero-order valence-corrected chi connectivity index (χ0v) is 11.5. The fourth-order valence-corrected chi connectivity index (χ4v) is 1.41. The minimum atomic E-state index is -4.92. The monoisotopic (exact) mass is 300 g/mol. The summed E-state index contributed by atoms with van der Waals surface area (Å²) in [4.78, 5) is 22.1. The van der Waals surface area contributed by atoms with Crippen molar-refractivity contribution in [3.63, 3.8) is 0 Å². The molecule has 1 aromatic rings. The summed E-state index contributed by atoms with van der Waals surface area (Å²) >= 11 is 0. The van der Waals surface area contributed by atoms with Crippen molar-refractivity contribution in [2.75, 3.05) is 5.32 Å². The van der Waals surface area contributed by atoms with E-state index >= 15 is 0 Å². The van der Waals surface area contributed by atoms with Gasteiger partial charge in [0, 0.05) is 18.3 Å². The van der Waals surface area contributed by atoms with Crippen molar-refractivity contribution in [2.45, 2.75) is 26.6 Å². The van der Waals surface area contributed by atoms with Gasteiger partial charge in [-0.2, -0.15) is 13.2 Å². The van der Waals surface area contributed by atoms with Crippen LogP contribution >= 0.6 is 0 Å². The predicted molar refractivity (Wildman–Crippen MR) is 72.4 cm³/mol. The van der Waals surface area contributed by atoms with Crippen LogP contribution in [0, 0.1) is 0 Å². The molecule has 0 aliphatic heterocycles. The van der Waals surface area contributed by atoms with Crippen LogP contribution in [0.25, 0.3) is 0 Å². The third kappa shape index (κ3) is 6.11. The van der Waals surface area contributed by atoms with Gasteiger partial charge >= 0.3 is 12.1 Å². The molecule has 4 nitrogen and oxygen atoms in total. The highest BCUT2D eigenvalue weighted by molar-refractivity contribution is 5.94. The van der Waals surface area contributed by atoms with Gasteiger partial charge in [0.25, 0.3) is 0 Å². The normalized spacial score (nSPS) is 10.7. The Labute approximate surface area is 120 Å². The van der Waals surface area contributed by atoms with E-state index in [9.17, 15) is 22.8 Å². The maximum atomic E-state index is 12.1. The lowest BCUT2D eigenvalue weighted by Gasteiger charge is -2.09. The Hall–Kier alpha value is -2.31. The number of halogens is 3. The lowest BCUT2D eigenvalue weighted by atomic mass is 10.2. The highest BCUT2D eigenvalue weighted by atomic mass is 19.4. The number of rotatable bonds is 4. The number of anilines is 1. The van der Waals surface area contributed by atoms with Crippen LogP contribution in [0.3, 0.4) is 0 Å². The van der Waals surface area contributed by atoms with Crippen molar-refractivity contribution < 1.29 is 22.8 Å². The fourth-order valence-electron chi connectivity index (χ4n) is 1.41. The molecule has 0 bridgehead atoms. The van der Waals surface area contributed by atoms with Crippen molar-refractivity contribution in [1.29, 1.82) is 0 Å². The number of allylic oxidation sites excluding steroid dienone is 1. The molecule has 1 aromatic carbocycles. The average molecular weight is 300 g/mol. The quantitative estimate of drug-likeness (QED) is 0.840. The molecular formula is C14H15F3N2O2. The molecular weight excluding hydrogens is 285 g/mol. The largest absolute Gasteiger partial charge is 0.471 e. The highest BCUT2D eigenvalue weighted by Crippen LogP contribution is 2.18. The zero-order valence-electron chi connectivity index (χ0n) is 11.5. The van der Waals surface area contributed by atoms with Gasteiger partial charge < -0.3 is 10.6 Å². The Bertz CT molecular complexity index is 544. The molecule has 1 rings (SSSR count). The van der Waals surface area contributed by atoms with Gasteiger partial charge in [-0.1, -0.05) is 17.7 Å². The molecule has 7 heteroatoms. The van der Waals surface area contributed by atoms with Crippen LogP contribution in [0.15, 0.2) is 35.9 Å². The topological polar surface area (TPSA) is 58.2 Å². The van der Waals surface area contributed by atoms with Gasteiger partial charge in [-0.05, 0) is 31.5 Å². The lowest BCUT2D eigenvalue weighted by Crippen LogP contribution is -2.29. The summed E-state index contributed by atoms with van der Waals surface area (Å²) in [6, 6.07) is 5.72. The van der Waals surface area contributed by atoms with Crippen LogP contribution in [-0.2, 0) is 16.1 Å². The first-order valence-electron chi connectivity index (χ1n) is 6.08. The van der Waals surface area contributed by atoms with E-state index in [1.54, 1.807) is 19.2 Å². The second kappa shape index (κ2) is 6.92. The summed E-state index contributed by atoms with van der Waals surface area (Å²) in [5.41, 5.74) is 1.60. The van der Waals surface area contributed by atoms with Crippen molar-refractivity contribution >= 4 is 17.5 Å². The number of carbonyl (C=O) groups excluding carboxylic acids is 2. The number of carbonyl (C=O) groups is 2. The van der Waals surface area contributed by atoms with Gasteiger partial charge in [0.1, 0.15) is 0 Å². The molecule has 21 heavy (non-hydrogen) atoms. The predicted octanol–water partition coefficient (Wildman–Crippen LogP) is 2.77. The van der Waals surface area contributed by atoms with Crippen LogP contribution in [0.1, 0.15) is 19.4 Å². The van der Waals surface area contributed by atoms with Crippen molar-refractivity contribution in [1.82, 2.24) is 5.32 Å². The second-order valence-electron chi connectivity index (χ2n) is 4.59. The average Bonchev–Trinajstić information content (AvgIpc) is 2.36. The van der Waals surface area contributed by atoms with Gasteiger partial charge in [-0.15, -0.1) is 0 Å². The fraction of sp³-hybridized carbons (Fsp3) is 0.286. The lowest BCUT2D eigenvalue weighted by molar-refractivity contribution is -0.167. The number of hydrogen-bond acceptors (Lipinski definition) is 2. The van der Waals surface area contributed by atoms with Crippen LogP contribution in [0.5, 0.6) is 0 Å². The van der Waals surface area contributed by atoms with Crippen molar-refractivity contribution in [2.24, 2.45) is 0 Å². The Morgan fingerprint density at radius 1 is 1.14 bits per heavy atom. The van der Waals surface area contributed by atoms with E-state index in [1.165, 1.54) is 30.3 Å². The molecule has 0 spiro atoms. The van der Waals surface area contributed by atoms with E-state index in [0.29, 0.717) is 5.56 Å². The number of benzene rings is 1. The highest BCUT2D eigenvalue weighted by Gasteiger charge is 2.38. The molecule has 0 atom stereocenters. The van der Waals surface area contributed by atoms with E-state index in [0.717, 1.165) is 5.57 Å². The molecule has 114 valence electrons. The third-order valence-electron chi connectivity index (χ3n) is 2.36. The van der Waals surface area contributed by atoms with Gasteiger partial charge in [0.15, 0.2) is 0 Å². The van der Waals surface area contributed by atoms with E-state index in [4.69, 9.17) is 0 Å². The Morgan fingerprint density at radius 3 is 2.19 bits per heavy atom. The number of alkyl halides is 3. The SMILES string of the molecule is CC(C)=CC(=O)NCc1ccc(NC(=O)C(F)(F)F)cc1. The molecule has 0 saturated carbocycles. The van der Waals surface area contributed by atoms with Gasteiger partial charge in [0.2, 0.25) is 5.91 Å². The Kier molecular flexibility index (Phi) is 5.52. The second-order valence-corrected chi connectivity index (χ2v) is 4.59. The van der Waals surface area contributed by atoms with Crippen LogP contribution < -0.4 is 10.6 Å². The Balaban J connectivity index is 2.57. The molecule has 0 unspecified atom stereocenters. The van der Waals surface area contributed by atoms with Crippen molar-refractivity contribution in [3.8, 4) is 0 Å². The molecule has 0 aliphatic rings. The number of nitrogens with one attached hydrogen (secondary N) is 2. The number of amides is 2. The zero-order chi connectivity index (χ0) is 16.0. The first-order chi connectivity index (χ1) is 9.68. The van der Waals surface area contributed by atoms with Gasteiger partial charge in [0.05, 0.1) is 0 Å². The molecule has 0 aliphatic carbocycles. The maximum Gasteiger partial charge on any atom is 0.471 e.